The van der Waals surface area contributed by atoms with Gasteiger partial charge >= 0.3 is 7.82 Å². The highest BCUT2D eigenvalue weighted by molar-refractivity contribution is 7.71. The zero-order valence-electron chi connectivity index (χ0n) is 16.7. The van der Waals surface area contributed by atoms with Crippen molar-refractivity contribution in [2.24, 2.45) is 0 Å². The van der Waals surface area contributed by atoms with Gasteiger partial charge in [-0.1, -0.05) is 18.2 Å². The molecule has 0 spiro atoms. The highest BCUT2D eigenvalue weighted by Gasteiger charge is 2.57. The molecule has 3 heterocycles. The summed E-state index contributed by atoms with van der Waals surface area (Å²) in [6.45, 7) is -4.02. The Morgan fingerprint density at radius 3 is 2.97 bits per heavy atom. The molecule has 1 aromatic heterocycles. The molecule has 0 amide bonds. The zero-order valence-corrected chi connectivity index (χ0v) is 16.4. The van der Waals surface area contributed by atoms with Crippen LogP contribution in [0, 0.1) is 10.6 Å². The van der Waals surface area contributed by atoms with Crippen LogP contribution in [0.5, 0.6) is 5.75 Å². The Labute approximate surface area is 175 Å². The summed E-state index contributed by atoms with van der Waals surface area (Å²) in [5.41, 5.74) is -0.727. The molecule has 2 aliphatic rings. The summed E-state index contributed by atoms with van der Waals surface area (Å²) in [7, 11) is -4.75. The third kappa shape index (κ3) is 3.73. The molecule has 0 bridgehead atoms. The second kappa shape index (κ2) is 7.61. The van der Waals surface area contributed by atoms with Gasteiger partial charge in [-0.05, 0) is 18.3 Å². The van der Waals surface area contributed by atoms with Gasteiger partial charge in [0.2, 0.25) is 5.82 Å². The third-order valence-electron chi connectivity index (χ3n) is 4.34. The van der Waals surface area contributed by atoms with E-state index >= 15 is 4.39 Å². The number of rotatable bonds is 4. The van der Waals surface area contributed by atoms with Gasteiger partial charge in [-0.25, -0.2) is 8.96 Å². The van der Waals surface area contributed by atoms with Gasteiger partial charge in [-0.2, -0.15) is 4.39 Å². The quantitative estimate of drug-likeness (QED) is 0.455. The van der Waals surface area contributed by atoms with E-state index < -0.39 is 54.8 Å². The van der Waals surface area contributed by atoms with E-state index in [2.05, 4.69) is 0 Å². The molecule has 4 rings (SSSR count). The van der Waals surface area contributed by atoms with Crippen molar-refractivity contribution in [2.45, 2.75) is 30.9 Å². The highest BCUT2D eigenvalue weighted by Crippen LogP contribution is 2.55. The van der Waals surface area contributed by atoms with Crippen LogP contribution in [0.4, 0.5) is 8.78 Å². The summed E-state index contributed by atoms with van der Waals surface area (Å²) >= 11 is 4.82. The minimum atomic E-state index is -4.75. The molecule has 0 radical (unpaired) electrons. The number of hydrogen-bond acceptors (Lipinski definition) is 9. The lowest BCUT2D eigenvalue weighted by Crippen LogP contribution is -2.43. The Bertz CT molecular complexity index is 1230. The first-order chi connectivity index (χ1) is 14.9. The van der Waals surface area contributed by atoms with E-state index in [0.29, 0.717) is 16.3 Å². The Hall–Kier alpha value is -1.99. The first kappa shape index (κ1) is 18.8. The summed E-state index contributed by atoms with van der Waals surface area (Å²) in [4.78, 5) is 13.2. The van der Waals surface area contributed by atoms with E-state index in [1.54, 1.807) is 12.1 Å². The predicted octanol–water partition coefficient (Wildman–Crippen LogP) is 1.70. The maximum absolute atomic E-state index is 15.6. The molecule has 1 saturated heterocycles. The Morgan fingerprint density at radius 2 is 2.20 bits per heavy atom. The normalized spacial score (nSPS) is 34.6. The standard InChI is InChI=1S/C16H15F2N2O8PS/c17-9-5-20(15(30)19-13(9)23)14-11(21)12(22)16(18,27-14)7-26-29(24)25-6-8-3-1-2-4-10(8)28-29/h1-5,11-12,14,21-22H,6-7H2,(H,19,23,30)/t11-,12+,14-,16-,29?/m1/s1/i7D2. The summed E-state index contributed by atoms with van der Waals surface area (Å²) < 4.78 is 77.6. The predicted molar refractivity (Wildman–Crippen MR) is 97.2 cm³/mol. The van der Waals surface area contributed by atoms with Crippen LogP contribution in [0.2, 0.25) is 0 Å². The van der Waals surface area contributed by atoms with Gasteiger partial charge in [0, 0.05) is 5.56 Å². The lowest BCUT2D eigenvalue weighted by atomic mass is 10.1. The number of aromatic amines is 1. The largest absolute Gasteiger partial charge is 0.530 e. The molecule has 30 heavy (non-hydrogen) atoms. The summed E-state index contributed by atoms with van der Waals surface area (Å²) in [6, 6.07) is 6.18. The van der Waals surface area contributed by atoms with Crippen LogP contribution in [0.25, 0.3) is 0 Å². The number of benzene rings is 1. The number of aliphatic hydroxyl groups excluding tert-OH is 2. The molecule has 5 atom stereocenters. The number of nitrogens with zero attached hydrogens (tertiary/aromatic N) is 1. The first-order valence-corrected chi connectivity index (χ1v) is 10.2. The van der Waals surface area contributed by atoms with E-state index in [1.165, 1.54) is 12.1 Å². The van der Waals surface area contributed by atoms with Crippen molar-refractivity contribution in [3.8, 4) is 5.75 Å². The van der Waals surface area contributed by atoms with Gasteiger partial charge in [0.1, 0.15) is 24.5 Å². The molecule has 0 saturated carbocycles. The number of phosphoric ester groups is 1. The molecule has 162 valence electrons. The van der Waals surface area contributed by atoms with Crippen LogP contribution in [-0.2, 0) is 25.0 Å². The molecule has 1 fully saturated rings. The van der Waals surface area contributed by atoms with Crippen LogP contribution in [0.1, 0.15) is 14.5 Å². The van der Waals surface area contributed by atoms with E-state index in [-0.39, 0.29) is 12.4 Å². The van der Waals surface area contributed by atoms with Crippen LogP contribution >= 0.6 is 20.0 Å². The number of ether oxygens (including phenoxy) is 1. The summed E-state index contributed by atoms with van der Waals surface area (Å²) in [6.07, 6.45) is -6.33. The molecule has 0 aliphatic carbocycles. The van der Waals surface area contributed by atoms with Crippen molar-refractivity contribution < 1.29 is 44.6 Å². The van der Waals surface area contributed by atoms with Gasteiger partial charge < -0.3 is 19.5 Å². The van der Waals surface area contributed by atoms with E-state index in [0.717, 1.165) is 0 Å². The molecule has 1 unspecified atom stereocenters. The average molecular weight is 466 g/mol. The van der Waals surface area contributed by atoms with Crippen LogP contribution in [0.3, 0.4) is 0 Å². The lowest BCUT2D eigenvalue weighted by Gasteiger charge is -2.28. The van der Waals surface area contributed by atoms with Crippen molar-refractivity contribution >= 4 is 20.0 Å². The molecule has 1 aromatic carbocycles. The SMILES string of the molecule is [2H]C([2H])(OP1(=O)OCc2ccccc2O1)[C@@]1(F)O[C@@H](n2cc(F)c(=O)[nH]c2=S)[C@H](O)[C@@H]1O. The third-order valence-corrected chi connectivity index (χ3v) is 5.84. The molecule has 2 aromatic rings. The number of para-hydroxylation sites is 1. The number of fused-ring (bicyclic) bond motifs is 1. The van der Waals surface area contributed by atoms with Crippen molar-refractivity contribution in [1.29, 1.82) is 0 Å². The number of nitrogens with one attached hydrogen (secondary N) is 1. The van der Waals surface area contributed by atoms with Gasteiger partial charge in [-0.3, -0.25) is 23.4 Å². The van der Waals surface area contributed by atoms with Crippen LogP contribution in [0.15, 0.2) is 35.3 Å². The molecular formula is C16H15F2N2O8PS. The van der Waals surface area contributed by atoms with E-state index in [1.807, 2.05) is 4.98 Å². The fourth-order valence-electron chi connectivity index (χ4n) is 2.82. The van der Waals surface area contributed by atoms with E-state index in [9.17, 15) is 24.0 Å². The average Bonchev–Trinajstić information content (AvgIpc) is 2.95. The van der Waals surface area contributed by atoms with Crippen molar-refractivity contribution in [1.82, 2.24) is 9.55 Å². The number of aromatic nitrogens is 2. The topological polar surface area (TPSA) is 132 Å². The Morgan fingerprint density at radius 1 is 1.47 bits per heavy atom. The fraction of sp³-hybridized carbons (Fsp3) is 0.375. The van der Waals surface area contributed by atoms with Gasteiger partial charge in [-0.15, -0.1) is 0 Å². The van der Waals surface area contributed by atoms with E-state index in [4.69, 9.17) is 33.3 Å². The van der Waals surface area contributed by atoms with Crippen molar-refractivity contribution in [3.63, 3.8) is 0 Å². The number of alkyl halides is 1. The van der Waals surface area contributed by atoms with Crippen molar-refractivity contribution in [2.75, 3.05) is 6.56 Å². The number of hydrogen-bond donors (Lipinski definition) is 3. The maximum atomic E-state index is 15.6. The lowest BCUT2D eigenvalue weighted by molar-refractivity contribution is -0.205. The molecule has 10 nitrogen and oxygen atoms in total. The highest BCUT2D eigenvalue weighted by atomic mass is 32.1. The molecule has 14 heteroatoms. The number of aliphatic hydroxyl groups is 2. The maximum Gasteiger partial charge on any atom is 0.530 e. The van der Waals surface area contributed by atoms with Crippen LogP contribution < -0.4 is 10.1 Å². The molecule has 2 aliphatic heterocycles. The summed E-state index contributed by atoms with van der Waals surface area (Å²) in [5.74, 6) is -5.17. The van der Waals surface area contributed by atoms with Gasteiger partial charge in [0.05, 0.1) is 15.5 Å². The van der Waals surface area contributed by atoms with Crippen molar-refractivity contribution in [3.05, 3.63) is 57.0 Å². The minimum Gasteiger partial charge on any atom is -0.404 e. The minimum absolute atomic E-state index is 0.0478. The van der Waals surface area contributed by atoms with Gasteiger partial charge in [0.25, 0.3) is 11.4 Å². The smallest absolute Gasteiger partial charge is 0.404 e. The Balaban J connectivity index is 1.63. The monoisotopic (exact) mass is 466 g/mol. The number of halogens is 2. The zero-order chi connectivity index (χ0) is 23.5. The summed E-state index contributed by atoms with van der Waals surface area (Å²) in [5, 5.41) is 20.5. The van der Waals surface area contributed by atoms with Gasteiger partial charge in [0.15, 0.2) is 11.0 Å². The number of H-pyrrole nitrogens is 1. The Kier molecular flexibility index (Phi) is 4.76. The fourth-order valence-corrected chi connectivity index (χ4v) is 4.16. The second-order valence-corrected chi connectivity index (χ2v) is 8.25. The first-order valence-electron chi connectivity index (χ1n) is 9.33. The second-order valence-electron chi connectivity index (χ2n) is 6.35. The molecule has 3 N–H and O–H groups in total. The molecular weight excluding hydrogens is 449 g/mol. The van der Waals surface area contributed by atoms with Crippen LogP contribution in [-0.4, -0.2) is 44.4 Å². The number of phosphoric acid groups is 1.